The molecule has 0 radical (unpaired) electrons. The van der Waals surface area contributed by atoms with Crippen molar-refractivity contribution in [2.75, 3.05) is 32.7 Å². The van der Waals surface area contributed by atoms with Gasteiger partial charge in [0.2, 0.25) is 0 Å². The van der Waals surface area contributed by atoms with Crippen LogP contribution in [0.5, 0.6) is 0 Å². The third-order valence-electron chi connectivity index (χ3n) is 3.09. The Bertz CT molecular complexity index is 284. The average molecular weight is 257 g/mol. The molecule has 1 unspecified atom stereocenters. The first kappa shape index (κ1) is 14.8. The topological polar surface area (TPSA) is 81.7 Å². The van der Waals surface area contributed by atoms with Gasteiger partial charge in [-0.2, -0.15) is 0 Å². The highest BCUT2D eigenvalue weighted by atomic mass is 16.4. The molecular formula is C12H23N3O3. The Hall–Kier alpha value is -1.30. The largest absolute Gasteiger partial charge is 0.481 e. The highest BCUT2D eigenvalue weighted by Gasteiger charge is 2.27. The molecule has 1 atom stereocenters. The van der Waals surface area contributed by atoms with Gasteiger partial charge in [0.25, 0.3) is 0 Å². The molecule has 0 spiro atoms. The molecule has 0 aliphatic carbocycles. The Kier molecular flexibility index (Phi) is 6.49. The maximum Gasteiger partial charge on any atom is 0.317 e. The van der Waals surface area contributed by atoms with Crippen molar-refractivity contribution in [1.29, 1.82) is 0 Å². The van der Waals surface area contributed by atoms with E-state index in [1.165, 1.54) is 0 Å². The van der Waals surface area contributed by atoms with Crippen LogP contribution < -0.4 is 10.6 Å². The van der Waals surface area contributed by atoms with Gasteiger partial charge in [-0.25, -0.2) is 4.79 Å². The first-order chi connectivity index (χ1) is 8.63. The van der Waals surface area contributed by atoms with Crippen molar-refractivity contribution in [3.63, 3.8) is 0 Å². The fourth-order valence-corrected chi connectivity index (χ4v) is 2.13. The number of carboxylic acid groups (broad SMARTS) is 1. The number of likely N-dealkylation sites (tertiary alicyclic amines) is 1. The summed E-state index contributed by atoms with van der Waals surface area (Å²) in [4.78, 5) is 24.0. The number of carbonyl (C=O) groups is 2. The van der Waals surface area contributed by atoms with Gasteiger partial charge in [0.15, 0.2) is 0 Å². The molecule has 1 aliphatic heterocycles. The normalized spacial score (nSPS) is 18.9. The standard InChI is InChI=1S/C12H23N3O3/c1-2-13-5-3-6-14-12(18)15-7-4-10(9-15)8-11(16)17/h10,13H,2-9H2,1H3,(H,14,18)(H,16,17). The summed E-state index contributed by atoms with van der Waals surface area (Å²) in [6.45, 7) is 5.77. The van der Waals surface area contributed by atoms with Crippen LogP contribution >= 0.6 is 0 Å². The summed E-state index contributed by atoms with van der Waals surface area (Å²) < 4.78 is 0. The van der Waals surface area contributed by atoms with Gasteiger partial charge in [-0.1, -0.05) is 6.92 Å². The fourth-order valence-electron chi connectivity index (χ4n) is 2.13. The van der Waals surface area contributed by atoms with Crippen molar-refractivity contribution in [3.05, 3.63) is 0 Å². The second kappa shape index (κ2) is 7.92. The lowest BCUT2D eigenvalue weighted by atomic mass is 10.1. The van der Waals surface area contributed by atoms with Crippen LogP contribution in [0.2, 0.25) is 0 Å². The predicted octanol–water partition coefficient (Wildman–Crippen LogP) is 0.492. The molecule has 6 nitrogen and oxygen atoms in total. The molecule has 6 heteroatoms. The highest BCUT2D eigenvalue weighted by Crippen LogP contribution is 2.19. The summed E-state index contributed by atoms with van der Waals surface area (Å²) in [6, 6.07) is -0.0700. The number of urea groups is 1. The van der Waals surface area contributed by atoms with Crippen LogP contribution in [0, 0.1) is 5.92 Å². The van der Waals surface area contributed by atoms with E-state index in [0.29, 0.717) is 19.6 Å². The minimum Gasteiger partial charge on any atom is -0.481 e. The van der Waals surface area contributed by atoms with Crippen LogP contribution in [-0.4, -0.2) is 54.7 Å². The van der Waals surface area contributed by atoms with Gasteiger partial charge >= 0.3 is 12.0 Å². The summed E-state index contributed by atoms with van der Waals surface area (Å²) in [5.41, 5.74) is 0. The number of rotatable bonds is 7. The maximum atomic E-state index is 11.8. The Morgan fingerprint density at radius 1 is 1.39 bits per heavy atom. The molecule has 2 amide bonds. The van der Waals surface area contributed by atoms with Gasteiger partial charge in [0.1, 0.15) is 0 Å². The van der Waals surface area contributed by atoms with E-state index in [0.717, 1.165) is 25.9 Å². The maximum absolute atomic E-state index is 11.8. The highest BCUT2D eigenvalue weighted by molar-refractivity contribution is 5.74. The van der Waals surface area contributed by atoms with Crippen LogP contribution in [0.25, 0.3) is 0 Å². The second-order valence-electron chi connectivity index (χ2n) is 4.64. The molecule has 0 aromatic carbocycles. The van der Waals surface area contributed by atoms with Crippen molar-refractivity contribution in [1.82, 2.24) is 15.5 Å². The Morgan fingerprint density at radius 2 is 2.17 bits per heavy atom. The lowest BCUT2D eigenvalue weighted by Crippen LogP contribution is -2.39. The van der Waals surface area contributed by atoms with Crippen molar-refractivity contribution in [3.8, 4) is 0 Å². The second-order valence-corrected chi connectivity index (χ2v) is 4.64. The zero-order valence-electron chi connectivity index (χ0n) is 10.9. The number of aliphatic carboxylic acids is 1. The summed E-state index contributed by atoms with van der Waals surface area (Å²) in [6.07, 6.45) is 1.85. The third kappa shape index (κ3) is 5.35. The van der Waals surface area contributed by atoms with Crippen LogP contribution in [0.4, 0.5) is 4.79 Å². The first-order valence-corrected chi connectivity index (χ1v) is 6.58. The van der Waals surface area contributed by atoms with E-state index < -0.39 is 5.97 Å². The predicted molar refractivity (Wildman–Crippen MR) is 68.5 cm³/mol. The van der Waals surface area contributed by atoms with Crippen molar-refractivity contribution in [2.24, 2.45) is 5.92 Å². The lowest BCUT2D eigenvalue weighted by Gasteiger charge is -2.17. The van der Waals surface area contributed by atoms with E-state index in [1.807, 2.05) is 6.92 Å². The minimum atomic E-state index is -0.784. The Balaban J connectivity index is 2.13. The van der Waals surface area contributed by atoms with Crippen LogP contribution in [0.3, 0.4) is 0 Å². The first-order valence-electron chi connectivity index (χ1n) is 6.58. The molecule has 1 aliphatic rings. The van der Waals surface area contributed by atoms with Gasteiger partial charge in [0, 0.05) is 26.1 Å². The van der Waals surface area contributed by atoms with Crippen LogP contribution in [0.15, 0.2) is 0 Å². The molecule has 0 aromatic heterocycles. The fraction of sp³-hybridized carbons (Fsp3) is 0.833. The monoisotopic (exact) mass is 257 g/mol. The number of amides is 2. The van der Waals surface area contributed by atoms with Crippen molar-refractivity contribution in [2.45, 2.75) is 26.2 Å². The van der Waals surface area contributed by atoms with Gasteiger partial charge in [-0.15, -0.1) is 0 Å². The summed E-state index contributed by atoms with van der Waals surface area (Å²) in [7, 11) is 0. The quantitative estimate of drug-likeness (QED) is 0.580. The number of nitrogens with zero attached hydrogens (tertiary/aromatic N) is 1. The zero-order valence-corrected chi connectivity index (χ0v) is 10.9. The van der Waals surface area contributed by atoms with E-state index in [2.05, 4.69) is 10.6 Å². The van der Waals surface area contributed by atoms with Gasteiger partial charge in [0.05, 0.1) is 0 Å². The SMILES string of the molecule is CCNCCCNC(=O)N1CCC(CC(=O)O)C1. The van der Waals surface area contributed by atoms with Crippen LogP contribution in [0.1, 0.15) is 26.2 Å². The number of nitrogens with one attached hydrogen (secondary N) is 2. The Morgan fingerprint density at radius 3 is 2.83 bits per heavy atom. The summed E-state index contributed by atoms with van der Waals surface area (Å²) in [5.74, 6) is -0.678. The van der Waals surface area contributed by atoms with Gasteiger partial charge < -0.3 is 20.6 Å². The molecule has 1 rings (SSSR count). The number of hydrogen-bond acceptors (Lipinski definition) is 3. The Labute approximate surface area is 108 Å². The van der Waals surface area contributed by atoms with Crippen molar-refractivity contribution < 1.29 is 14.7 Å². The van der Waals surface area contributed by atoms with Gasteiger partial charge in [-0.3, -0.25) is 4.79 Å². The molecule has 0 saturated carbocycles. The average Bonchev–Trinajstić information content (AvgIpc) is 2.76. The number of carboxylic acids is 1. The lowest BCUT2D eigenvalue weighted by molar-refractivity contribution is -0.138. The molecule has 0 bridgehead atoms. The molecule has 1 heterocycles. The van der Waals surface area contributed by atoms with E-state index in [-0.39, 0.29) is 18.4 Å². The molecule has 104 valence electrons. The number of hydrogen-bond donors (Lipinski definition) is 3. The van der Waals surface area contributed by atoms with E-state index in [9.17, 15) is 9.59 Å². The minimum absolute atomic E-state index is 0.0700. The summed E-state index contributed by atoms with van der Waals surface area (Å²) in [5, 5.41) is 14.7. The van der Waals surface area contributed by atoms with Gasteiger partial charge in [-0.05, 0) is 31.8 Å². The van der Waals surface area contributed by atoms with E-state index in [1.54, 1.807) is 4.90 Å². The number of carbonyl (C=O) groups excluding carboxylic acids is 1. The van der Waals surface area contributed by atoms with E-state index >= 15 is 0 Å². The third-order valence-corrected chi connectivity index (χ3v) is 3.09. The molecule has 1 saturated heterocycles. The molecular weight excluding hydrogens is 234 g/mol. The van der Waals surface area contributed by atoms with Crippen LogP contribution in [-0.2, 0) is 4.79 Å². The molecule has 18 heavy (non-hydrogen) atoms. The molecule has 1 fully saturated rings. The van der Waals surface area contributed by atoms with Crippen molar-refractivity contribution >= 4 is 12.0 Å². The zero-order chi connectivity index (χ0) is 13.4. The van der Waals surface area contributed by atoms with E-state index in [4.69, 9.17) is 5.11 Å². The summed E-state index contributed by atoms with van der Waals surface area (Å²) >= 11 is 0. The smallest absolute Gasteiger partial charge is 0.317 e. The molecule has 0 aromatic rings. The molecule has 3 N–H and O–H groups in total.